The number of fused-ring (bicyclic) bond motifs is 5. The van der Waals surface area contributed by atoms with E-state index in [1.165, 1.54) is 19.3 Å². The molecule has 0 aromatic carbocycles. The van der Waals surface area contributed by atoms with E-state index in [1.54, 1.807) is 0 Å². The van der Waals surface area contributed by atoms with Gasteiger partial charge in [-0.2, -0.15) is 0 Å². The molecule has 0 spiro atoms. The summed E-state index contributed by atoms with van der Waals surface area (Å²) < 4.78 is 0. The van der Waals surface area contributed by atoms with E-state index in [1.807, 2.05) is 0 Å². The lowest BCUT2D eigenvalue weighted by Crippen LogP contribution is -2.51. The number of aliphatic hydroxyl groups excluding tert-OH is 1. The van der Waals surface area contributed by atoms with Crippen LogP contribution in [0.15, 0.2) is 0 Å². The summed E-state index contributed by atoms with van der Waals surface area (Å²) in [6.07, 6.45) is 15.0. The van der Waals surface area contributed by atoms with Crippen LogP contribution in [0.4, 0.5) is 0 Å². The van der Waals surface area contributed by atoms with Crippen molar-refractivity contribution in [2.24, 2.45) is 40.9 Å². The lowest BCUT2D eigenvalue weighted by Gasteiger charge is -2.56. The largest absolute Gasteiger partial charge is 0.389 e. The van der Waals surface area contributed by atoms with E-state index in [0.717, 1.165) is 50.4 Å². The Kier molecular flexibility index (Phi) is 4.28. The molecule has 25 heavy (non-hydrogen) atoms. The van der Waals surface area contributed by atoms with Crippen LogP contribution in [0.5, 0.6) is 0 Å². The molecule has 138 valence electrons. The first-order valence-corrected chi connectivity index (χ1v) is 10.3. The number of carbonyl (C=O) groups is 1. The molecular weight excluding hydrogens is 312 g/mol. The van der Waals surface area contributed by atoms with Gasteiger partial charge < -0.3 is 10.2 Å². The second kappa shape index (κ2) is 6.10. The predicted molar refractivity (Wildman–Crippen MR) is 96.5 cm³/mol. The van der Waals surface area contributed by atoms with Crippen molar-refractivity contribution in [2.75, 3.05) is 6.61 Å². The van der Waals surface area contributed by atoms with Crippen molar-refractivity contribution in [2.45, 2.75) is 70.3 Å². The highest BCUT2D eigenvalue weighted by atomic mass is 16.3. The second-order valence-corrected chi connectivity index (χ2v) is 9.65. The number of aliphatic hydroxyl groups is 2. The van der Waals surface area contributed by atoms with E-state index in [9.17, 15) is 15.0 Å². The van der Waals surface area contributed by atoms with Crippen molar-refractivity contribution >= 4 is 5.78 Å². The quantitative estimate of drug-likeness (QED) is 0.757. The Morgan fingerprint density at radius 2 is 1.84 bits per heavy atom. The van der Waals surface area contributed by atoms with Crippen LogP contribution in [0.3, 0.4) is 0 Å². The lowest BCUT2D eigenvalue weighted by molar-refractivity contribution is -0.134. The summed E-state index contributed by atoms with van der Waals surface area (Å²) >= 11 is 0. The van der Waals surface area contributed by atoms with Crippen LogP contribution >= 0.6 is 0 Å². The van der Waals surface area contributed by atoms with Crippen molar-refractivity contribution in [3.8, 4) is 12.3 Å². The fourth-order valence-electron chi connectivity index (χ4n) is 7.65. The fourth-order valence-corrected chi connectivity index (χ4v) is 7.65. The van der Waals surface area contributed by atoms with Crippen molar-refractivity contribution in [1.82, 2.24) is 0 Å². The smallest absolute Gasteiger partial charge is 0.161 e. The van der Waals surface area contributed by atoms with Gasteiger partial charge in [-0.3, -0.25) is 4.79 Å². The molecule has 0 aromatic rings. The molecule has 4 aliphatic carbocycles. The molecule has 0 bridgehead atoms. The van der Waals surface area contributed by atoms with E-state index in [4.69, 9.17) is 6.42 Å². The average molecular weight is 344 g/mol. The summed E-state index contributed by atoms with van der Waals surface area (Å²) in [5.74, 6) is 6.19. The topological polar surface area (TPSA) is 57.5 Å². The number of carbonyl (C=O) groups excluding carboxylic acids is 1. The van der Waals surface area contributed by atoms with Gasteiger partial charge in [0.25, 0.3) is 0 Å². The minimum Gasteiger partial charge on any atom is -0.389 e. The van der Waals surface area contributed by atoms with Crippen molar-refractivity contribution in [3.05, 3.63) is 0 Å². The Morgan fingerprint density at radius 3 is 2.56 bits per heavy atom. The molecule has 0 amide bonds. The number of rotatable bonds is 2. The Morgan fingerprint density at radius 1 is 1.08 bits per heavy atom. The molecule has 0 unspecified atom stereocenters. The monoisotopic (exact) mass is 344 g/mol. The number of ketones is 1. The standard InChI is InChI=1S/C22H32O3/c1-3-22(25)11-9-15-14(12-22)4-5-17-16(15)8-10-21(2)18(17)6-7-19(21)20(24)13-23/h1,14-19,23,25H,4-13H2,2H3/t14-,15+,16-,17-,18+,19-,21+,22-/m1/s1. The Bertz CT molecular complexity index is 593. The van der Waals surface area contributed by atoms with Crippen LogP contribution in [-0.2, 0) is 4.79 Å². The van der Waals surface area contributed by atoms with Crippen molar-refractivity contribution in [3.63, 3.8) is 0 Å². The molecule has 2 N–H and O–H groups in total. The molecule has 4 saturated carbocycles. The third-order valence-corrected chi connectivity index (χ3v) is 8.82. The maximum absolute atomic E-state index is 12.3. The zero-order valence-electron chi connectivity index (χ0n) is 15.4. The summed E-state index contributed by atoms with van der Waals surface area (Å²) in [6.45, 7) is 2.03. The summed E-state index contributed by atoms with van der Waals surface area (Å²) in [5, 5.41) is 19.9. The van der Waals surface area contributed by atoms with Crippen molar-refractivity contribution < 1.29 is 15.0 Å². The second-order valence-electron chi connectivity index (χ2n) is 9.65. The number of terminal acetylenes is 1. The Hall–Kier alpha value is -0.850. The minimum absolute atomic E-state index is 0.0638. The first-order chi connectivity index (χ1) is 11.9. The molecule has 0 aromatic heterocycles. The Balaban J connectivity index is 1.54. The van der Waals surface area contributed by atoms with Crippen LogP contribution < -0.4 is 0 Å². The summed E-state index contributed by atoms with van der Waals surface area (Å²) in [6, 6.07) is 0. The third-order valence-electron chi connectivity index (χ3n) is 8.82. The van der Waals surface area contributed by atoms with Crippen LogP contribution in [0.2, 0.25) is 0 Å². The maximum Gasteiger partial charge on any atom is 0.161 e. The molecule has 8 atom stereocenters. The highest BCUT2D eigenvalue weighted by Gasteiger charge is 2.58. The molecular formula is C22H32O3. The minimum atomic E-state index is -0.872. The molecule has 3 nitrogen and oxygen atoms in total. The summed E-state index contributed by atoms with van der Waals surface area (Å²) in [4.78, 5) is 12.3. The van der Waals surface area contributed by atoms with E-state index in [0.29, 0.717) is 17.8 Å². The van der Waals surface area contributed by atoms with Gasteiger partial charge in [-0.15, -0.1) is 6.42 Å². The predicted octanol–water partition coefficient (Wildman–Crippen LogP) is 3.18. The Labute approximate surface area is 151 Å². The highest BCUT2D eigenvalue weighted by Crippen LogP contribution is 2.64. The lowest BCUT2D eigenvalue weighted by atomic mass is 9.49. The van der Waals surface area contributed by atoms with E-state index < -0.39 is 5.60 Å². The summed E-state index contributed by atoms with van der Waals surface area (Å²) in [5.41, 5.74) is -0.773. The molecule has 4 aliphatic rings. The fraction of sp³-hybridized carbons (Fsp3) is 0.864. The van der Waals surface area contributed by atoms with E-state index in [-0.39, 0.29) is 23.7 Å². The number of hydrogen-bond donors (Lipinski definition) is 2. The van der Waals surface area contributed by atoms with Gasteiger partial charge in [0.1, 0.15) is 12.2 Å². The SMILES string of the molecule is C#C[C@@]1(O)CC[C@H]2[C@H](CC[C@@H]3[C@@H]2CC[C@]2(C)[C@@H](C(=O)CO)CC[C@@H]32)C1. The number of hydrogen-bond acceptors (Lipinski definition) is 3. The van der Waals surface area contributed by atoms with Gasteiger partial charge in [-0.25, -0.2) is 0 Å². The van der Waals surface area contributed by atoms with E-state index in [2.05, 4.69) is 12.8 Å². The normalized spacial score (nSPS) is 51.8. The molecule has 0 heterocycles. The summed E-state index contributed by atoms with van der Waals surface area (Å²) in [7, 11) is 0. The van der Waals surface area contributed by atoms with Gasteiger partial charge in [-0.05, 0) is 92.8 Å². The van der Waals surface area contributed by atoms with E-state index >= 15 is 0 Å². The molecule has 0 radical (unpaired) electrons. The molecule has 4 rings (SSSR count). The molecule has 4 fully saturated rings. The van der Waals surface area contributed by atoms with Gasteiger partial charge in [0.05, 0.1) is 0 Å². The van der Waals surface area contributed by atoms with Crippen LogP contribution in [0.25, 0.3) is 0 Å². The van der Waals surface area contributed by atoms with Crippen LogP contribution in [0, 0.1) is 53.3 Å². The number of Topliss-reactive ketones (excluding diaryl/α,β-unsaturated/α-hetero) is 1. The van der Waals surface area contributed by atoms with Gasteiger partial charge in [0.15, 0.2) is 5.78 Å². The average Bonchev–Trinajstić information content (AvgIpc) is 2.98. The molecule has 0 saturated heterocycles. The van der Waals surface area contributed by atoms with Gasteiger partial charge in [-0.1, -0.05) is 12.8 Å². The molecule has 0 aliphatic heterocycles. The van der Waals surface area contributed by atoms with Gasteiger partial charge in [0.2, 0.25) is 0 Å². The third kappa shape index (κ3) is 2.60. The zero-order valence-corrected chi connectivity index (χ0v) is 15.4. The zero-order chi connectivity index (χ0) is 17.8. The van der Waals surface area contributed by atoms with Gasteiger partial charge >= 0.3 is 0 Å². The van der Waals surface area contributed by atoms with Crippen molar-refractivity contribution in [1.29, 1.82) is 0 Å². The van der Waals surface area contributed by atoms with Crippen LogP contribution in [0.1, 0.15) is 64.7 Å². The van der Waals surface area contributed by atoms with Crippen LogP contribution in [-0.4, -0.2) is 28.2 Å². The van der Waals surface area contributed by atoms with Gasteiger partial charge in [0, 0.05) is 5.92 Å². The first kappa shape index (κ1) is 17.6. The molecule has 3 heteroatoms. The maximum atomic E-state index is 12.3. The highest BCUT2D eigenvalue weighted by molar-refractivity contribution is 5.83. The first-order valence-electron chi connectivity index (χ1n) is 10.3.